The molecule has 3 unspecified atom stereocenters. The van der Waals surface area contributed by atoms with Crippen molar-refractivity contribution in [2.24, 2.45) is 0 Å². The van der Waals surface area contributed by atoms with Crippen LogP contribution in [0.2, 0.25) is 0 Å². The summed E-state index contributed by atoms with van der Waals surface area (Å²) >= 11 is 0. The van der Waals surface area contributed by atoms with E-state index in [0.717, 1.165) is 5.75 Å². The van der Waals surface area contributed by atoms with Crippen LogP contribution in [0.15, 0.2) is 60.7 Å². The first-order valence-electron chi connectivity index (χ1n) is 8.44. The first-order valence-corrected chi connectivity index (χ1v) is 8.44. The highest BCUT2D eigenvalue weighted by Gasteiger charge is 2.33. The van der Waals surface area contributed by atoms with Gasteiger partial charge in [-0.2, -0.15) is 0 Å². The Labute approximate surface area is 148 Å². The Morgan fingerprint density at radius 3 is 2.16 bits per heavy atom. The molecule has 0 spiro atoms. The van der Waals surface area contributed by atoms with Gasteiger partial charge in [-0.25, -0.2) is 0 Å². The van der Waals surface area contributed by atoms with Crippen molar-refractivity contribution >= 4 is 0 Å². The molecule has 4 atom stereocenters. The minimum atomic E-state index is -0.821. The van der Waals surface area contributed by atoms with E-state index in [1.807, 2.05) is 48.5 Å². The van der Waals surface area contributed by atoms with Crippen LogP contribution in [0.1, 0.15) is 18.9 Å². The van der Waals surface area contributed by atoms with Gasteiger partial charge in [-0.1, -0.05) is 48.5 Å². The van der Waals surface area contributed by atoms with E-state index >= 15 is 0 Å². The van der Waals surface area contributed by atoms with Gasteiger partial charge in [0, 0.05) is 6.42 Å². The van der Waals surface area contributed by atoms with Crippen molar-refractivity contribution in [1.82, 2.24) is 0 Å². The third-order valence-corrected chi connectivity index (χ3v) is 3.98. The van der Waals surface area contributed by atoms with Crippen LogP contribution in [0, 0.1) is 0 Å². The number of aliphatic hydroxyl groups excluding tert-OH is 3. The third-order valence-electron chi connectivity index (χ3n) is 3.98. The van der Waals surface area contributed by atoms with Crippen LogP contribution in [0.5, 0.6) is 5.75 Å². The van der Waals surface area contributed by atoms with E-state index in [9.17, 15) is 10.2 Å². The predicted molar refractivity (Wildman–Crippen MR) is 95.3 cm³/mol. The summed E-state index contributed by atoms with van der Waals surface area (Å²) in [4.78, 5) is 0. The van der Waals surface area contributed by atoms with E-state index in [-0.39, 0.29) is 12.7 Å². The molecule has 1 heterocycles. The van der Waals surface area contributed by atoms with Gasteiger partial charge in [0.1, 0.15) is 18.5 Å². The summed E-state index contributed by atoms with van der Waals surface area (Å²) < 4.78 is 10.8. The second kappa shape index (κ2) is 10.2. The predicted octanol–water partition coefficient (Wildman–Crippen LogP) is 2.14. The summed E-state index contributed by atoms with van der Waals surface area (Å²) in [5.41, 5.74) is 1.19. The summed E-state index contributed by atoms with van der Waals surface area (Å²) in [6, 6.07) is 20.0. The van der Waals surface area contributed by atoms with Crippen molar-refractivity contribution in [3.05, 3.63) is 66.2 Å². The van der Waals surface area contributed by atoms with Crippen molar-refractivity contribution in [3.8, 4) is 5.75 Å². The summed E-state index contributed by atoms with van der Waals surface area (Å²) in [7, 11) is 0. The molecule has 0 aromatic heterocycles. The van der Waals surface area contributed by atoms with E-state index in [0.29, 0.717) is 13.0 Å². The van der Waals surface area contributed by atoms with Gasteiger partial charge in [0.05, 0.1) is 24.9 Å². The zero-order valence-electron chi connectivity index (χ0n) is 14.4. The largest absolute Gasteiger partial charge is 0.489 e. The molecular weight excluding hydrogens is 320 g/mol. The maximum atomic E-state index is 9.21. The molecule has 0 bridgehead atoms. The average Bonchev–Trinajstić information content (AvgIpc) is 2.66. The molecule has 5 heteroatoms. The smallest absolute Gasteiger partial charge is 0.119 e. The normalized spacial score (nSPS) is 25.6. The van der Waals surface area contributed by atoms with Crippen LogP contribution in [0.25, 0.3) is 0 Å². The zero-order valence-corrected chi connectivity index (χ0v) is 14.4. The third kappa shape index (κ3) is 6.48. The Hall–Kier alpha value is -1.92. The Morgan fingerprint density at radius 1 is 1.00 bits per heavy atom. The number of benzene rings is 2. The molecule has 3 rings (SSSR count). The molecule has 25 heavy (non-hydrogen) atoms. The first-order chi connectivity index (χ1) is 12.1. The molecule has 0 saturated carbocycles. The standard InChI is InChI=1S/C13H12O.C7H14O4/c1-3-7-12(8-4-1)11-14-13-9-5-2-6-10-13;1-4-7(10)6(9)2-5(3-8)11-4/h1-10H,11H2;4-10H,2-3H2,1H3/t;4-,5?,6?,7?/m.1/s1. The molecule has 136 valence electrons. The molecule has 2 aromatic rings. The van der Waals surface area contributed by atoms with Gasteiger partial charge in [0.2, 0.25) is 0 Å². The van der Waals surface area contributed by atoms with Crippen LogP contribution >= 0.6 is 0 Å². The zero-order chi connectivity index (χ0) is 18.1. The molecule has 1 fully saturated rings. The number of para-hydroxylation sites is 1. The summed E-state index contributed by atoms with van der Waals surface area (Å²) in [5.74, 6) is 0.913. The molecule has 0 radical (unpaired) electrons. The maximum absolute atomic E-state index is 9.21. The molecule has 1 aliphatic heterocycles. The minimum Gasteiger partial charge on any atom is -0.489 e. The summed E-state index contributed by atoms with van der Waals surface area (Å²) in [6.45, 7) is 2.20. The Morgan fingerprint density at radius 2 is 1.60 bits per heavy atom. The lowest BCUT2D eigenvalue weighted by molar-refractivity contribution is -0.170. The van der Waals surface area contributed by atoms with E-state index in [1.54, 1.807) is 6.92 Å². The molecule has 5 nitrogen and oxygen atoms in total. The second-order valence-corrected chi connectivity index (χ2v) is 6.03. The minimum absolute atomic E-state index is 0.103. The highest BCUT2D eigenvalue weighted by molar-refractivity contribution is 5.22. The number of ether oxygens (including phenoxy) is 2. The quantitative estimate of drug-likeness (QED) is 0.790. The number of hydrogen-bond acceptors (Lipinski definition) is 5. The SMILES string of the molecule is C[C@H]1OC(CO)CC(O)C1O.c1ccc(COc2ccccc2)cc1. The van der Waals surface area contributed by atoms with Gasteiger partial charge in [0.15, 0.2) is 0 Å². The van der Waals surface area contributed by atoms with Crippen molar-refractivity contribution in [1.29, 1.82) is 0 Å². The summed E-state index contributed by atoms with van der Waals surface area (Å²) in [6.07, 6.45) is -2.00. The van der Waals surface area contributed by atoms with Gasteiger partial charge < -0.3 is 24.8 Å². The number of hydrogen-bond donors (Lipinski definition) is 3. The molecule has 0 amide bonds. The van der Waals surface area contributed by atoms with Crippen molar-refractivity contribution in [3.63, 3.8) is 0 Å². The second-order valence-electron chi connectivity index (χ2n) is 6.03. The average molecular weight is 346 g/mol. The Balaban J connectivity index is 0.000000186. The lowest BCUT2D eigenvalue weighted by Gasteiger charge is -2.34. The monoisotopic (exact) mass is 346 g/mol. The van der Waals surface area contributed by atoms with E-state index in [2.05, 4.69) is 12.1 Å². The van der Waals surface area contributed by atoms with Crippen molar-refractivity contribution < 1.29 is 24.8 Å². The van der Waals surface area contributed by atoms with Gasteiger partial charge in [-0.3, -0.25) is 0 Å². The van der Waals surface area contributed by atoms with E-state index in [1.165, 1.54) is 5.56 Å². The molecule has 3 N–H and O–H groups in total. The number of rotatable bonds is 4. The van der Waals surface area contributed by atoms with Gasteiger partial charge >= 0.3 is 0 Å². The highest BCUT2D eigenvalue weighted by Crippen LogP contribution is 2.19. The van der Waals surface area contributed by atoms with Gasteiger partial charge in [0.25, 0.3) is 0 Å². The fraction of sp³-hybridized carbons (Fsp3) is 0.400. The van der Waals surface area contributed by atoms with Crippen molar-refractivity contribution in [2.75, 3.05) is 6.61 Å². The molecule has 0 aliphatic carbocycles. The highest BCUT2D eigenvalue weighted by atomic mass is 16.5. The van der Waals surface area contributed by atoms with Gasteiger partial charge in [-0.05, 0) is 24.6 Å². The molecule has 1 aliphatic rings. The van der Waals surface area contributed by atoms with Crippen LogP contribution in [0.3, 0.4) is 0 Å². The fourth-order valence-electron chi connectivity index (χ4n) is 2.54. The van der Waals surface area contributed by atoms with Gasteiger partial charge in [-0.15, -0.1) is 0 Å². The number of aliphatic hydroxyl groups is 3. The fourth-order valence-corrected chi connectivity index (χ4v) is 2.54. The van der Waals surface area contributed by atoms with Crippen LogP contribution < -0.4 is 4.74 Å². The topological polar surface area (TPSA) is 79.2 Å². The first kappa shape index (κ1) is 19.4. The molecular formula is C20H26O5. The van der Waals surface area contributed by atoms with E-state index < -0.39 is 18.3 Å². The van der Waals surface area contributed by atoms with Crippen molar-refractivity contribution in [2.45, 2.75) is 44.4 Å². The molecule has 1 saturated heterocycles. The Kier molecular flexibility index (Phi) is 7.88. The lowest BCUT2D eigenvalue weighted by atomic mass is 9.99. The summed E-state index contributed by atoms with van der Waals surface area (Å²) in [5, 5.41) is 27.1. The maximum Gasteiger partial charge on any atom is 0.119 e. The molecule has 2 aromatic carbocycles. The van der Waals surface area contributed by atoms with Crippen LogP contribution in [-0.4, -0.2) is 46.3 Å². The lowest BCUT2D eigenvalue weighted by Crippen LogP contribution is -2.47. The van der Waals surface area contributed by atoms with E-state index in [4.69, 9.17) is 14.6 Å². The Bertz CT molecular complexity index is 538. The van der Waals surface area contributed by atoms with Crippen LogP contribution in [0.4, 0.5) is 0 Å². The van der Waals surface area contributed by atoms with Crippen LogP contribution in [-0.2, 0) is 11.3 Å².